The molecule has 1 radical (unpaired) electrons. The van der Waals surface area contributed by atoms with Crippen molar-refractivity contribution >= 4 is 6.71 Å². The van der Waals surface area contributed by atoms with E-state index < -0.39 is 0 Å². The molecule has 0 aliphatic rings. The van der Waals surface area contributed by atoms with Crippen LogP contribution in [0.5, 0.6) is 0 Å². The van der Waals surface area contributed by atoms with Gasteiger partial charge in [-0.25, -0.2) is 13.0 Å². The summed E-state index contributed by atoms with van der Waals surface area (Å²) in [6.07, 6.45) is 1.82. The summed E-state index contributed by atoms with van der Waals surface area (Å²) in [5.74, 6) is 2.06. The molecule has 0 aromatic carbocycles. The van der Waals surface area contributed by atoms with Gasteiger partial charge in [-0.15, -0.1) is 0 Å². The minimum atomic E-state index is 0. The van der Waals surface area contributed by atoms with Gasteiger partial charge in [-0.05, 0) is 0 Å². The zero-order valence-corrected chi connectivity index (χ0v) is 7.85. The second-order valence-electron chi connectivity index (χ2n) is 1.67. The van der Waals surface area contributed by atoms with Crippen LogP contribution in [-0.4, -0.2) is 6.71 Å². The van der Waals surface area contributed by atoms with Crippen molar-refractivity contribution in [1.29, 1.82) is 0 Å². The molecule has 0 nitrogen and oxygen atoms in total. The van der Waals surface area contributed by atoms with E-state index in [1.165, 1.54) is 0 Å². The second kappa shape index (κ2) is 6.78. The Balaban J connectivity index is 0. The average Bonchev–Trinajstić information content (AvgIpc) is 1.35. The van der Waals surface area contributed by atoms with Gasteiger partial charge in [0.05, 0.1) is 6.71 Å². The van der Waals surface area contributed by atoms with Crippen molar-refractivity contribution in [2.75, 3.05) is 0 Å². The molecule has 2 heteroatoms. The van der Waals surface area contributed by atoms with Crippen LogP contribution in [0.25, 0.3) is 0 Å². The molecule has 0 fully saturated rings. The Morgan fingerprint density at radius 3 is 1.86 bits per heavy atom. The third kappa shape index (κ3) is 10.8. The molecule has 0 amide bonds. The Hall–Kier alpha value is 0.779. The summed E-state index contributed by atoms with van der Waals surface area (Å²) in [5.41, 5.74) is 0. The van der Waals surface area contributed by atoms with E-state index in [2.05, 4.69) is 26.5 Å². The normalized spacial score (nSPS) is 8.29. The van der Waals surface area contributed by atoms with Gasteiger partial charge in [0, 0.05) is 32.7 Å². The fourth-order valence-corrected chi connectivity index (χ4v) is 0.272. The summed E-state index contributed by atoms with van der Waals surface area (Å²) in [7, 11) is 0. The van der Waals surface area contributed by atoms with Crippen LogP contribution >= 0.6 is 0 Å². The first kappa shape index (κ1) is 10.7. The SMILES string of the molecule is [CH2-]/C=C/B(C)C.[Y]. The summed E-state index contributed by atoms with van der Waals surface area (Å²) < 4.78 is 0. The van der Waals surface area contributed by atoms with Crippen molar-refractivity contribution in [3.8, 4) is 0 Å². The second-order valence-corrected chi connectivity index (χ2v) is 1.67. The first-order chi connectivity index (χ1) is 2.77. The van der Waals surface area contributed by atoms with E-state index in [0.29, 0.717) is 6.71 Å². The van der Waals surface area contributed by atoms with Gasteiger partial charge in [0.25, 0.3) is 0 Å². The van der Waals surface area contributed by atoms with Crippen molar-refractivity contribution in [1.82, 2.24) is 0 Å². The minimum Gasteiger partial charge on any atom is -0.253 e. The topological polar surface area (TPSA) is 0 Å². The smallest absolute Gasteiger partial charge is 0.0610 e. The first-order valence-electron chi connectivity index (χ1n) is 2.23. The zero-order chi connectivity index (χ0) is 4.99. The van der Waals surface area contributed by atoms with Crippen molar-refractivity contribution in [3.63, 3.8) is 0 Å². The summed E-state index contributed by atoms with van der Waals surface area (Å²) >= 11 is 0. The summed E-state index contributed by atoms with van der Waals surface area (Å²) in [6.45, 7) is 8.45. The predicted octanol–water partition coefficient (Wildman–Crippen LogP) is 1.67. The molecule has 0 rings (SSSR count). The van der Waals surface area contributed by atoms with Crippen LogP contribution in [0.1, 0.15) is 0 Å². The molecular formula is C5H10BY-. The average molecular weight is 170 g/mol. The molecule has 0 saturated carbocycles. The van der Waals surface area contributed by atoms with Gasteiger partial charge in [0.2, 0.25) is 0 Å². The largest absolute Gasteiger partial charge is 0.253 e. The maximum atomic E-state index is 3.55. The van der Waals surface area contributed by atoms with Crippen LogP contribution in [0, 0.1) is 6.92 Å². The summed E-state index contributed by atoms with van der Waals surface area (Å²) in [6, 6.07) is 0. The van der Waals surface area contributed by atoms with Crippen molar-refractivity contribution in [2.24, 2.45) is 0 Å². The molecule has 0 aromatic heterocycles. The molecule has 0 N–H and O–H groups in total. The number of hydrogen-bond acceptors (Lipinski definition) is 0. The van der Waals surface area contributed by atoms with E-state index in [1.807, 2.05) is 6.08 Å². The van der Waals surface area contributed by atoms with Crippen LogP contribution in [0.15, 0.2) is 12.1 Å². The summed E-state index contributed by atoms with van der Waals surface area (Å²) in [4.78, 5) is 0. The maximum absolute atomic E-state index is 3.55. The fourth-order valence-electron chi connectivity index (χ4n) is 0.272. The van der Waals surface area contributed by atoms with Gasteiger partial charge < -0.3 is 0 Å². The van der Waals surface area contributed by atoms with E-state index in [4.69, 9.17) is 0 Å². The van der Waals surface area contributed by atoms with Crippen LogP contribution in [0.2, 0.25) is 13.6 Å². The van der Waals surface area contributed by atoms with E-state index in [9.17, 15) is 0 Å². The van der Waals surface area contributed by atoms with Crippen molar-refractivity contribution in [2.45, 2.75) is 13.6 Å². The third-order valence-corrected chi connectivity index (χ3v) is 0.521. The molecule has 0 spiro atoms. The van der Waals surface area contributed by atoms with Gasteiger partial charge in [-0.2, -0.15) is 0 Å². The van der Waals surface area contributed by atoms with Gasteiger partial charge in [0.15, 0.2) is 0 Å². The summed E-state index contributed by atoms with van der Waals surface area (Å²) in [5, 5.41) is 0. The number of hydrogen-bond donors (Lipinski definition) is 0. The minimum absolute atomic E-state index is 0. The number of allylic oxidation sites excluding steroid dienone is 1. The van der Waals surface area contributed by atoms with Gasteiger partial charge in [-0.1, -0.05) is 13.6 Å². The Bertz CT molecular complexity index is 50.0. The van der Waals surface area contributed by atoms with Gasteiger partial charge in [-0.3, -0.25) is 5.98 Å². The van der Waals surface area contributed by atoms with E-state index in [0.717, 1.165) is 0 Å². The fraction of sp³-hybridized carbons (Fsp3) is 0.400. The molecule has 0 atom stereocenters. The standard InChI is InChI=1S/C5H10B.Y/c1-4-5-6(2)3;/h4-5H,1H2,2-3H3;/q-1;/b5-4+;. The van der Waals surface area contributed by atoms with E-state index in [1.54, 1.807) is 0 Å². The number of rotatable bonds is 1. The zero-order valence-electron chi connectivity index (χ0n) is 5.02. The van der Waals surface area contributed by atoms with Crippen molar-refractivity contribution < 1.29 is 32.7 Å². The monoisotopic (exact) mass is 170 g/mol. The molecule has 0 bridgehead atoms. The van der Waals surface area contributed by atoms with E-state index in [-0.39, 0.29) is 32.7 Å². The molecule has 0 unspecified atom stereocenters. The molecule has 0 aliphatic heterocycles. The molecule has 0 saturated heterocycles. The Morgan fingerprint density at radius 1 is 1.43 bits per heavy atom. The Kier molecular flexibility index (Phi) is 10.4. The molecule has 0 aliphatic carbocycles. The first-order valence-corrected chi connectivity index (χ1v) is 2.23. The van der Waals surface area contributed by atoms with Crippen LogP contribution in [0.3, 0.4) is 0 Å². The van der Waals surface area contributed by atoms with Crippen molar-refractivity contribution in [3.05, 3.63) is 19.0 Å². The van der Waals surface area contributed by atoms with Crippen LogP contribution < -0.4 is 0 Å². The predicted molar refractivity (Wildman–Crippen MR) is 32.0 cm³/mol. The molecule has 0 aromatic rings. The Labute approximate surface area is 71.7 Å². The third-order valence-electron chi connectivity index (χ3n) is 0.521. The van der Waals surface area contributed by atoms with Crippen LogP contribution in [0.4, 0.5) is 0 Å². The van der Waals surface area contributed by atoms with E-state index >= 15 is 0 Å². The molecule has 37 valence electrons. The van der Waals surface area contributed by atoms with Gasteiger partial charge in [0.1, 0.15) is 0 Å². The molecular weight excluding hydrogens is 160 g/mol. The maximum Gasteiger partial charge on any atom is 0.0610 e. The van der Waals surface area contributed by atoms with Crippen LogP contribution in [-0.2, 0) is 32.7 Å². The quantitative estimate of drug-likeness (QED) is 0.414. The van der Waals surface area contributed by atoms with Gasteiger partial charge >= 0.3 is 0 Å². The Morgan fingerprint density at radius 2 is 1.86 bits per heavy atom. The molecule has 7 heavy (non-hydrogen) atoms. The molecule has 0 heterocycles.